The van der Waals surface area contributed by atoms with Gasteiger partial charge in [-0.25, -0.2) is 0 Å². The van der Waals surface area contributed by atoms with Gasteiger partial charge < -0.3 is 10.1 Å². The van der Waals surface area contributed by atoms with Crippen LogP contribution in [0, 0.1) is 0 Å². The van der Waals surface area contributed by atoms with Crippen LogP contribution < -0.4 is 5.32 Å². The van der Waals surface area contributed by atoms with Crippen molar-refractivity contribution in [1.82, 2.24) is 5.32 Å². The molecule has 0 saturated carbocycles. The molecule has 1 atom stereocenters. The van der Waals surface area contributed by atoms with Crippen LogP contribution in [0.5, 0.6) is 0 Å². The molecular formula is C10H20F3NO. The van der Waals surface area contributed by atoms with E-state index < -0.39 is 12.6 Å². The lowest BCUT2D eigenvalue weighted by Crippen LogP contribution is -2.28. The van der Waals surface area contributed by atoms with Gasteiger partial charge in [0.1, 0.15) is 0 Å². The van der Waals surface area contributed by atoms with Crippen molar-refractivity contribution in [3.63, 3.8) is 0 Å². The van der Waals surface area contributed by atoms with Gasteiger partial charge in [0.25, 0.3) is 0 Å². The standard InChI is InChI=1S/C10H20F3NO/c1-3-7-15-8-5-9(14-2)4-6-10(11,12)13/h9,14H,3-8H2,1-2H3. The topological polar surface area (TPSA) is 21.3 Å². The predicted octanol–water partition coefficient (Wildman–Crippen LogP) is 2.73. The van der Waals surface area contributed by atoms with Gasteiger partial charge in [-0.05, 0) is 26.3 Å². The Morgan fingerprint density at radius 2 is 1.87 bits per heavy atom. The van der Waals surface area contributed by atoms with E-state index in [1.807, 2.05) is 6.92 Å². The van der Waals surface area contributed by atoms with Crippen molar-refractivity contribution in [3.8, 4) is 0 Å². The highest BCUT2D eigenvalue weighted by Crippen LogP contribution is 2.22. The highest BCUT2D eigenvalue weighted by atomic mass is 19.4. The zero-order chi connectivity index (χ0) is 11.7. The van der Waals surface area contributed by atoms with E-state index >= 15 is 0 Å². The second kappa shape index (κ2) is 7.93. The van der Waals surface area contributed by atoms with Crippen LogP contribution in [0.3, 0.4) is 0 Å². The van der Waals surface area contributed by atoms with Gasteiger partial charge in [-0.15, -0.1) is 0 Å². The molecule has 0 aliphatic heterocycles. The summed E-state index contributed by atoms with van der Waals surface area (Å²) in [5.41, 5.74) is 0. The Hall–Kier alpha value is -0.290. The summed E-state index contributed by atoms with van der Waals surface area (Å²) < 4.78 is 41.0. The van der Waals surface area contributed by atoms with Gasteiger partial charge in [0.15, 0.2) is 0 Å². The molecule has 1 unspecified atom stereocenters. The lowest BCUT2D eigenvalue weighted by atomic mass is 10.1. The summed E-state index contributed by atoms with van der Waals surface area (Å²) in [5.74, 6) is 0. The largest absolute Gasteiger partial charge is 0.389 e. The maximum Gasteiger partial charge on any atom is 0.389 e. The number of ether oxygens (including phenoxy) is 1. The van der Waals surface area contributed by atoms with Gasteiger partial charge in [-0.1, -0.05) is 6.92 Å². The van der Waals surface area contributed by atoms with Crippen molar-refractivity contribution in [1.29, 1.82) is 0 Å². The molecule has 15 heavy (non-hydrogen) atoms. The summed E-state index contributed by atoms with van der Waals surface area (Å²) >= 11 is 0. The second-order valence-corrected chi connectivity index (χ2v) is 3.54. The van der Waals surface area contributed by atoms with Crippen LogP contribution in [0.4, 0.5) is 13.2 Å². The molecule has 0 bridgehead atoms. The molecule has 0 saturated heterocycles. The summed E-state index contributed by atoms with van der Waals surface area (Å²) in [6.45, 7) is 3.20. The van der Waals surface area contributed by atoms with Gasteiger partial charge in [-0.2, -0.15) is 13.2 Å². The predicted molar refractivity (Wildman–Crippen MR) is 53.9 cm³/mol. The molecule has 0 aliphatic carbocycles. The van der Waals surface area contributed by atoms with E-state index in [1.165, 1.54) is 0 Å². The van der Waals surface area contributed by atoms with Gasteiger partial charge in [0.2, 0.25) is 0 Å². The first kappa shape index (κ1) is 14.7. The Kier molecular flexibility index (Phi) is 7.78. The van der Waals surface area contributed by atoms with E-state index in [0.29, 0.717) is 19.6 Å². The minimum atomic E-state index is -4.06. The Labute approximate surface area is 89.2 Å². The molecule has 0 aromatic rings. The molecule has 1 N–H and O–H groups in total. The van der Waals surface area contributed by atoms with Crippen LogP contribution in [0.1, 0.15) is 32.6 Å². The van der Waals surface area contributed by atoms with Crippen LogP contribution in [-0.2, 0) is 4.74 Å². The van der Waals surface area contributed by atoms with Crippen LogP contribution in [0.2, 0.25) is 0 Å². The second-order valence-electron chi connectivity index (χ2n) is 3.54. The number of halogens is 3. The Morgan fingerprint density at radius 3 is 2.33 bits per heavy atom. The summed E-state index contributed by atoms with van der Waals surface area (Å²) in [4.78, 5) is 0. The molecule has 0 fully saturated rings. The highest BCUT2D eigenvalue weighted by Gasteiger charge is 2.27. The lowest BCUT2D eigenvalue weighted by Gasteiger charge is -2.16. The fourth-order valence-corrected chi connectivity index (χ4v) is 1.24. The fourth-order valence-electron chi connectivity index (χ4n) is 1.24. The average Bonchev–Trinajstić information content (AvgIpc) is 2.15. The summed E-state index contributed by atoms with van der Waals surface area (Å²) in [6.07, 6.45) is -3.10. The molecular weight excluding hydrogens is 207 g/mol. The number of hydrogen-bond donors (Lipinski definition) is 1. The first-order valence-electron chi connectivity index (χ1n) is 5.31. The Bertz CT molecular complexity index is 150. The Morgan fingerprint density at radius 1 is 1.20 bits per heavy atom. The van der Waals surface area contributed by atoms with Gasteiger partial charge >= 0.3 is 6.18 Å². The Balaban J connectivity index is 3.55. The molecule has 0 aromatic heterocycles. The van der Waals surface area contributed by atoms with Crippen molar-refractivity contribution in [2.75, 3.05) is 20.3 Å². The van der Waals surface area contributed by atoms with Crippen molar-refractivity contribution >= 4 is 0 Å². The van der Waals surface area contributed by atoms with Gasteiger partial charge in [0.05, 0.1) is 0 Å². The minimum Gasteiger partial charge on any atom is -0.381 e. The van der Waals surface area contributed by atoms with Crippen LogP contribution in [0.15, 0.2) is 0 Å². The molecule has 0 spiro atoms. The molecule has 0 radical (unpaired) electrons. The van der Waals surface area contributed by atoms with Crippen molar-refractivity contribution < 1.29 is 17.9 Å². The zero-order valence-corrected chi connectivity index (χ0v) is 9.36. The molecule has 0 heterocycles. The van der Waals surface area contributed by atoms with E-state index in [-0.39, 0.29) is 12.5 Å². The monoisotopic (exact) mass is 227 g/mol. The molecule has 0 rings (SSSR count). The number of rotatable bonds is 8. The maximum absolute atomic E-state index is 11.9. The molecule has 0 aromatic carbocycles. The van der Waals surface area contributed by atoms with Crippen molar-refractivity contribution in [3.05, 3.63) is 0 Å². The third kappa shape index (κ3) is 10.0. The maximum atomic E-state index is 11.9. The van der Waals surface area contributed by atoms with E-state index in [1.54, 1.807) is 7.05 Å². The van der Waals surface area contributed by atoms with Gasteiger partial charge in [0, 0.05) is 25.7 Å². The summed E-state index contributed by atoms with van der Waals surface area (Å²) in [6, 6.07) is -0.108. The van der Waals surface area contributed by atoms with Crippen LogP contribution >= 0.6 is 0 Å². The first-order valence-corrected chi connectivity index (χ1v) is 5.31. The molecule has 0 aliphatic rings. The quantitative estimate of drug-likeness (QED) is 0.644. The molecule has 2 nitrogen and oxygen atoms in total. The molecule has 92 valence electrons. The number of hydrogen-bond acceptors (Lipinski definition) is 2. The number of nitrogens with one attached hydrogen (secondary N) is 1. The first-order chi connectivity index (χ1) is 6.99. The van der Waals surface area contributed by atoms with Crippen LogP contribution in [-0.4, -0.2) is 32.5 Å². The smallest absolute Gasteiger partial charge is 0.381 e. The van der Waals surface area contributed by atoms with Crippen LogP contribution in [0.25, 0.3) is 0 Å². The zero-order valence-electron chi connectivity index (χ0n) is 9.36. The third-order valence-electron chi connectivity index (χ3n) is 2.14. The van der Waals surface area contributed by atoms with E-state index in [0.717, 1.165) is 6.42 Å². The van der Waals surface area contributed by atoms with E-state index in [4.69, 9.17) is 4.74 Å². The normalized spacial score (nSPS) is 14.2. The van der Waals surface area contributed by atoms with Crippen molar-refractivity contribution in [2.24, 2.45) is 0 Å². The third-order valence-corrected chi connectivity index (χ3v) is 2.14. The summed E-state index contributed by atoms with van der Waals surface area (Å²) in [5, 5.41) is 2.87. The fraction of sp³-hybridized carbons (Fsp3) is 1.00. The van der Waals surface area contributed by atoms with Gasteiger partial charge in [-0.3, -0.25) is 0 Å². The highest BCUT2D eigenvalue weighted by molar-refractivity contribution is 4.66. The van der Waals surface area contributed by atoms with E-state index in [9.17, 15) is 13.2 Å². The lowest BCUT2D eigenvalue weighted by molar-refractivity contribution is -0.136. The molecule has 5 heteroatoms. The SMILES string of the molecule is CCCOCCC(CCC(F)(F)F)NC. The number of alkyl halides is 3. The van der Waals surface area contributed by atoms with Crippen molar-refractivity contribution in [2.45, 2.75) is 44.8 Å². The molecule has 0 amide bonds. The average molecular weight is 227 g/mol. The van der Waals surface area contributed by atoms with E-state index in [2.05, 4.69) is 5.32 Å². The minimum absolute atomic E-state index is 0.108. The summed E-state index contributed by atoms with van der Waals surface area (Å²) in [7, 11) is 1.68.